The molecule has 5 nitrogen and oxygen atoms in total. The van der Waals surface area contributed by atoms with Gasteiger partial charge in [0.1, 0.15) is 0 Å². The highest BCUT2D eigenvalue weighted by Crippen LogP contribution is 2.36. The molecule has 0 spiro atoms. The van der Waals surface area contributed by atoms with Crippen LogP contribution in [0.5, 0.6) is 0 Å². The second-order valence-corrected chi connectivity index (χ2v) is 5.18. The van der Waals surface area contributed by atoms with E-state index in [-0.39, 0.29) is 0 Å². The molecule has 0 aromatic carbocycles. The molecule has 1 aliphatic rings. The van der Waals surface area contributed by atoms with Crippen molar-refractivity contribution in [3.8, 4) is 0 Å². The SMILES string of the molecule is Cn1nnc(CNC2CCC(C)(C)C2)n1. The largest absolute Gasteiger partial charge is 0.307 e. The van der Waals surface area contributed by atoms with E-state index in [0.717, 1.165) is 12.4 Å². The predicted octanol–water partition coefficient (Wildman–Crippen LogP) is 0.878. The Labute approximate surface area is 90.2 Å². The topological polar surface area (TPSA) is 55.6 Å². The fourth-order valence-electron chi connectivity index (χ4n) is 2.24. The van der Waals surface area contributed by atoms with E-state index in [0.29, 0.717) is 11.5 Å². The van der Waals surface area contributed by atoms with Crippen molar-refractivity contribution in [2.24, 2.45) is 12.5 Å². The Kier molecular flexibility index (Phi) is 2.73. The van der Waals surface area contributed by atoms with Gasteiger partial charge in [0.05, 0.1) is 13.6 Å². The quantitative estimate of drug-likeness (QED) is 0.803. The van der Waals surface area contributed by atoms with Gasteiger partial charge in [0.25, 0.3) is 0 Å². The van der Waals surface area contributed by atoms with E-state index < -0.39 is 0 Å². The summed E-state index contributed by atoms with van der Waals surface area (Å²) in [5.41, 5.74) is 0.494. The molecule has 1 saturated carbocycles. The van der Waals surface area contributed by atoms with Crippen LogP contribution in [0.25, 0.3) is 0 Å². The zero-order valence-electron chi connectivity index (χ0n) is 9.69. The van der Waals surface area contributed by atoms with E-state index in [1.54, 1.807) is 7.05 Å². The van der Waals surface area contributed by atoms with Crippen molar-refractivity contribution < 1.29 is 0 Å². The molecule has 84 valence electrons. The fourth-order valence-corrected chi connectivity index (χ4v) is 2.24. The Balaban J connectivity index is 1.80. The summed E-state index contributed by atoms with van der Waals surface area (Å²) in [6.07, 6.45) is 3.80. The minimum absolute atomic E-state index is 0.494. The van der Waals surface area contributed by atoms with Crippen molar-refractivity contribution in [3.63, 3.8) is 0 Å². The van der Waals surface area contributed by atoms with Crippen LogP contribution in [0.2, 0.25) is 0 Å². The number of hydrogen-bond donors (Lipinski definition) is 1. The van der Waals surface area contributed by atoms with E-state index in [4.69, 9.17) is 0 Å². The Morgan fingerprint density at radius 1 is 1.53 bits per heavy atom. The molecule has 1 N–H and O–H groups in total. The zero-order valence-corrected chi connectivity index (χ0v) is 9.69. The van der Waals surface area contributed by atoms with Crippen LogP contribution in [-0.4, -0.2) is 26.2 Å². The standard InChI is InChI=1S/C10H19N5/c1-10(2)5-4-8(6-10)11-7-9-12-14-15(3)13-9/h8,11H,4-7H2,1-3H3. The highest BCUT2D eigenvalue weighted by atomic mass is 15.6. The first kappa shape index (κ1) is 10.5. The van der Waals surface area contributed by atoms with Gasteiger partial charge in [-0.3, -0.25) is 0 Å². The Hall–Kier alpha value is -0.970. The van der Waals surface area contributed by atoms with Crippen LogP contribution in [0.4, 0.5) is 0 Å². The van der Waals surface area contributed by atoms with Gasteiger partial charge in [-0.05, 0) is 29.9 Å². The number of rotatable bonds is 3. The smallest absolute Gasteiger partial charge is 0.188 e. The van der Waals surface area contributed by atoms with Gasteiger partial charge in [-0.2, -0.15) is 4.80 Å². The van der Waals surface area contributed by atoms with Gasteiger partial charge in [-0.15, -0.1) is 10.2 Å². The Morgan fingerprint density at radius 2 is 2.33 bits per heavy atom. The number of nitrogens with one attached hydrogen (secondary N) is 1. The lowest BCUT2D eigenvalue weighted by molar-refractivity contribution is 0.363. The Bertz CT molecular complexity index is 330. The average molecular weight is 209 g/mol. The van der Waals surface area contributed by atoms with E-state index in [2.05, 4.69) is 34.6 Å². The first-order valence-corrected chi connectivity index (χ1v) is 5.51. The van der Waals surface area contributed by atoms with Gasteiger partial charge in [0, 0.05) is 6.04 Å². The number of nitrogens with zero attached hydrogens (tertiary/aromatic N) is 4. The van der Waals surface area contributed by atoms with Gasteiger partial charge in [-0.25, -0.2) is 0 Å². The highest BCUT2D eigenvalue weighted by Gasteiger charge is 2.30. The molecule has 1 heterocycles. The van der Waals surface area contributed by atoms with Crippen molar-refractivity contribution in [1.29, 1.82) is 0 Å². The summed E-state index contributed by atoms with van der Waals surface area (Å²) in [4.78, 5) is 1.50. The van der Waals surface area contributed by atoms with Gasteiger partial charge in [0.2, 0.25) is 0 Å². The molecule has 0 aliphatic heterocycles. The summed E-state index contributed by atoms with van der Waals surface area (Å²) in [6, 6.07) is 0.615. The van der Waals surface area contributed by atoms with Crippen molar-refractivity contribution >= 4 is 0 Å². The third kappa shape index (κ3) is 2.75. The fraction of sp³-hybridized carbons (Fsp3) is 0.900. The molecule has 15 heavy (non-hydrogen) atoms. The second kappa shape index (κ2) is 3.89. The highest BCUT2D eigenvalue weighted by molar-refractivity contribution is 4.88. The third-order valence-electron chi connectivity index (χ3n) is 3.07. The third-order valence-corrected chi connectivity index (χ3v) is 3.07. The molecule has 5 heteroatoms. The lowest BCUT2D eigenvalue weighted by Gasteiger charge is -2.17. The summed E-state index contributed by atoms with van der Waals surface area (Å²) < 4.78 is 0. The van der Waals surface area contributed by atoms with Gasteiger partial charge in [0.15, 0.2) is 5.82 Å². The van der Waals surface area contributed by atoms with Crippen LogP contribution in [0, 0.1) is 5.41 Å². The summed E-state index contributed by atoms with van der Waals surface area (Å²) >= 11 is 0. The average Bonchev–Trinajstić information content (AvgIpc) is 2.69. The molecule has 1 unspecified atom stereocenters. The van der Waals surface area contributed by atoms with Gasteiger partial charge < -0.3 is 5.32 Å². The number of aromatic nitrogens is 4. The van der Waals surface area contributed by atoms with Gasteiger partial charge >= 0.3 is 0 Å². The normalized spacial score (nSPS) is 24.6. The van der Waals surface area contributed by atoms with Crippen LogP contribution in [0.1, 0.15) is 38.9 Å². The molecule has 0 amide bonds. The van der Waals surface area contributed by atoms with Crippen LogP contribution in [0.15, 0.2) is 0 Å². The molecule has 1 atom stereocenters. The second-order valence-electron chi connectivity index (χ2n) is 5.18. The molecule has 1 aliphatic carbocycles. The lowest BCUT2D eigenvalue weighted by Crippen LogP contribution is -2.27. The van der Waals surface area contributed by atoms with Crippen molar-refractivity contribution in [2.75, 3.05) is 0 Å². The Morgan fingerprint density at radius 3 is 2.87 bits per heavy atom. The molecule has 1 aromatic rings. The summed E-state index contributed by atoms with van der Waals surface area (Å²) in [6.45, 7) is 5.39. The summed E-state index contributed by atoms with van der Waals surface area (Å²) in [7, 11) is 1.79. The minimum atomic E-state index is 0.494. The van der Waals surface area contributed by atoms with E-state index in [9.17, 15) is 0 Å². The van der Waals surface area contributed by atoms with Crippen LogP contribution < -0.4 is 5.32 Å². The van der Waals surface area contributed by atoms with E-state index in [1.165, 1.54) is 24.1 Å². The molecule has 2 rings (SSSR count). The van der Waals surface area contributed by atoms with Crippen LogP contribution >= 0.6 is 0 Å². The van der Waals surface area contributed by atoms with Crippen molar-refractivity contribution in [3.05, 3.63) is 5.82 Å². The molecule has 0 saturated heterocycles. The first-order chi connectivity index (χ1) is 7.05. The van der Waals surface area contributed by atoms with Crippen LogP contribution in [-0.2, 0) is 13.6 Å². The van der Waals surface area contributed by atoms with Crippen molar-refractivity contribution in [1.82, 2.24) is 25.5 Å². The van der Waals surface area contributed by atoms with Gasteiger partial charge in [-0.1, -0.05) is 13.8 Å². The monoisotopic (exact) mass is 209 g/mol. The van der Waals surface area contributed by atoms with E-state index in [1.807, 2.05) is 0 Å². The molecule has 0 bridgehead atoms. The number of tetrazole rings is 1. The maximum atomic E-state index is 4.14. The maximum Gasteiger partial charge on any atom is 0.188 e. The molecular formula is C10H19N5. The predicted molar refractivity (Wildman–Crippen MR) is 57.1 cm³/mol. The number of aryl methyl sites for hydroxylation is 1. The maximum absolute atomic E-state index is 4.14. The molecule has 1 aromatic heterocycles. The van der Waals surface area contributed by atoms with Crippen LogP contribution in [0.3, 0.4) is 0 Å². The zero-order chi connectivity index (χ0) is 10.9. The lowest BCUT2D eigenvalue weighted by atomic mass is 9.92. The first-order valence-electron chi connectivity index (χ1n) is 5.51. The summed E-state index contributed by atoms with van der Waals surface area (Å²) in [5.74, 6) is 0.780. The number of hydrogen-bond acceptors (Lipinski definition) is 4. The molecular weight excluding hydrogens is 190 g/mol. The molecule has 1 fully saturated rings. The van der Waals surface area contributed by atoms with Crippen molar-refractivity contribution in [2.45, 2.75) is 45.7 Å². The summed E-state index contributed by atoms with van der Waals surface area (Å²) in [5, 5.41) is 15.4. The van der Waals surface area contributed by atoms with E-state index >= 15 is 0 Å². The minimum Gasteiger partial charge on any atom is -0.307 e. The molecule has 0 radical (unpaired) electrons.